The zero-order valence-corrected chi connectivity index (χ0v) is 14.6. The van der Waals surface area contributed by atoms with Gasteiger partial charge in [-0.05, 0) is 30.7 Å². The largest absolute Gasteiger partial charge is 0.479 e. The summed E-state index contributed by atoms with van der Waals surface area (Å²) in [7, 11) is 0. The maximum absolute atomic E-state index is 12.5. The van der Waals surface area contributed by atoms with Crippen LogP contribution in [0.2, 0.25) is 0 Å². The van der Waals surface area contributed by atoms with Crippen molar-refractivity contribution in [1.29, 1.82) is 0 Å². The third-order valence-electron chi connectivity index (χ3n) is 4.44. The number of thioether (sulfide) groups is 1. The van der Waals surface area contributed by atoms with Crippen LogP contribution in [0.3, 0.4) is 0 Å². The molecule has 3 rings (SSSR count). The Labute approximate surface area is 148 Å². The first-order valence-corrected chi connectivity index (χ1v) is 9.15. The first-order valence-electron chi connectivity index (χ1n) is 8.00. The van der Waals surface area contributed by atoms with Gasteiger partial charge in [0.2, 0.25) is 5.91 Å². The van der Waals surface area contributed by atoms with Crippen LogP contribution in [0.4, 0.5) is 0 Å². The molecule has 25 heavy (non-hydrogen) atoms. The summed E-state index contributed by atoms with van der Waals surface area (Å²) in [5.41, 5.74) is 0.180. The SMILES string of the molecule is Cc1cccc2c(=O)n(CCC(=O)NC3(C(=O)O)CCSC3)cnc12. The van der Waals surface area contributed by atoms with E-state index in [1.807, 2.05) is 13.0 Å². The van der Waals surface area contributed by atoms with Crippen LogP contribution in [0.5, 0.6) is 0 Å². The van der Waals surface area contributed by atoms with Crippen LogP contribution in [-0.2, 0) is 16.1 Å². The molecule has 1 unspecified atom stereocenters. The Morgan fingerprint density at radius 2 is 2.24 bits per heavy atom. The zero-order valence-electron chi connectivity index (χ0n) is 13.8. The second-order valence-corrected chi connectivity index (χ2v) is 7.31. The number of rotatable bonds is 5. The third kappa shape index (κ3) is 3.39. The van der Waals surface area contributed by atoms with E-state index < -0.39 is 11.5 Å². The van der Waals surface area contributed by atoms with Gasteiger partial charge in [0.25, 0.3) is 5.56 Å². The minimum atomic E-state index is -1.19. The van der Waals surface area contributed by atoms with E-state index in [0.29, 0.717) is 28.8 Å². The number of amides is 1. The molecule has 1 aliphatic rings. The second-order valence-electron chi connectivity index (χ2n) is 6.20. The van der Waals surface area contributed by atoms with E-state index in [0.717, 1.165) is 5.56 Å². The summed E-state index contributed by atoms with van der Waals surface area (Å²) in [6.07, 6.45) is 1.87. The van der Waals surface area contributed by atoms with E-state index >= 15 is 0 Å². The quantitative estimate of drug-likeness (QED) is 0.829. The predicted molar refractivity (Wildman–Crippen MR) is 95.8 cm³/mol. The fourth-order valence-electron chi connectivity index (χ4n) is 2.93. The topological polar surface area (TPSA) is 101 Å². The number of hydrogen-bond acceptors (Lipinski definition) is 5. The molecule has 0 saturated carbocycles. The van der Waals surface area contributed by atoms with Gasteiger partial charge in [0.15, 0.2) is 0 Å². The van der Waals surface area contributed by atoms with Crippen molar-refractivity contribution in [2.75, 3.05) is 11.5 Å². The monoisotopic (exact) mass is 361 g/mol. The highest BCUT2D eigenvalue weighted by molar-refractivity contribution is 7.99. The molecular formula is C17H19N3O4S. The lowest BCUT2D eigenvalue weighted by Gasteiger charge is -2.24. The maximum Gasteiger partial charge on any atom is 0.330 e. The van der Waals surface area contributed by atoms with Gasteiger partial charge in [-0.25, -0.2) is 9.78 Å². The van der Waals surface area contributed by atoms with Crippen LogP contribution >= 0.6 is 11.8 Å². The van der Waals surface area contributed by atoms with Crippen molar-refractivity contribution in [2.24, 2.45) is 0 Å². The molecule has 1 fully saturated rings. The highest BCUT2D eigenvalue weighted by atomic mass is 32.2. The number of aromatic nitrogens is 2. The molecule has 0 aliphatic carbocycles. The number of carboxylic acid groups (broad SMARTS) is 1. The Morgan fingerprint density at radius 3 is 2.92 bits per heavy atom. The smallest absolute Gasteiger partial charge is 0.330 e. The van der Waals surface area contributed by atoms with Crippen LogP contribution in [0.25, 0.3) is 10.9 Å². The van der Waals surface area contributed by atoms with Gasteiger partial charge in [0.05, 0.1) is 17.2 Å². The van der Waals surface area contributed by atoms with Gasteiger partial charge in [0, 0.05) is 18.7 Å². The number of nitrogens with zero attached hydrogens (tertiary/aromatic N) is 2. The molecule has 0 bridgehead atoms. The van der Waals surface area contributed by atoms with Crippen LogP contribution in [-0.4, -0.2) is 43.6 Å². The zero-order chi connectivity index (χ0) is 18.0. The number of carbonyl (C=O) groups is 2. The molecule has 1 aromatic carbocycles. The first-order chi connectivity index (χ1) is 11.9. The lowest BCUT2D eigenvalue weighted by molar-refractivity contribution is -0.146. The molecule has 2 heterocycles. The summed E-state index contributed by atoms with van der Waals surface area (Å²) in [6, 6.07) is 5.40. The summed E-state index contributed by atoms with van der Waals surface area (Å²) in [5.74, 6) is -0.308. The molecule has 1 amide bonds. The lowest BCUT2D eigenvalue weighted by Crippen LogP contribution is -2.54. The van der Waals surface area contributed by atoms with E-state index in [9.17, 15) is 19.5 Å². The van der Waals surface area contributed by atoms with E-state index in [2.05, 4.69) is 10.3 Å². The molecule has 2 aromatic rings. The van der Waals surface area contributed by atoms with E-state index in [4.69, 9.17) is 0 Å². The van der Waals surface area contributed by atoms with Gasteiger partial charge in [0.1, 0.15) is 5.54 Å². The number of aliphatic carboxylic acids is 1. The van der Waals surface area contributed by atoms with Gasteiger partial charge < -0.3 is 10.4 Å². The van der Waals surface area contributed by atoms with Gasteiger partial charge in [-0.15, -0.1) is 0 Å². The van der Waals surface area contributed by atoms with E-state index in [1.165, 1.54) is 22.7 Å². The summed E-state index contributed by atoms with van der Waals surface area (Å²) < 4.78 is 1.39. The first kappa shape index (κ1) is 17.5. The van der Waals surface area contributed by atoms with Crippen molar-refractivity contribution in [3.63, 3.8) is 0 Å². The Kier molecular flexibility index (Phi) is 4.80. The summed E-state index contributed by atoms with van der Waals surface area (Å²) in [4.78, 5) is 40.5. The highest BCUT2D eigenvalue weighted by Crippen LogP contribution is 2.28. The van der Waals surface area contributed by atoms with Gasteiger partial charge in [-0.3, -0.25) is 14.2 Å². The third-order valence-corrected chi connectivity index (χ3v) is 5.63. The number of aryl methyl sites for hydroxylation is 2. The van der Waals surface area contributed by atoms with Crippen molar-refractivity contribution in [2.45, 2.75) is 31.8 Å². The Morgan fingerprint density at radius 1 is 1.44 bits per heavy atom. The Bertz CT molecular complexity index is 887. The maximum atomic E-state index is 12.5. The fourth-order valence-corrected chi connectivity index (χ4v) is 4.26. The summed E-state index contributed by atoms with van der Waals surface area (Å²) in [6.45, 7) is 2.04. The average Bonchev–Trinajstić information content (AvgIpc) is 3.05. The van der Waals surface area contributed by atoms with Gasteiger partial charge in [-0.2, -0.15) is 11.8 Å². The Hall–Kier alpha value is -2.35. The molecule has 7 nitrogen and oxygen atoms in total. The molecule has 2 N–H and O–H groups in total. The summed E-state index contributed by atoms with van der Waals surface area (Å²) >= 11 is 1.51. The van der Waals surface area contributed by atoms with E-state index in [1.54, 1.807) is 12.1 Å². The second kappa shape index (κ2) is 6.87. The fraction of sp³-hybridized carbons (Fsp3) is 0.412. The molecule has 1 aromatic heterocycles. The molecule has 0 radical (unpaired) electrons. The number of nitrogens with one attached hydrogen (secondary N) is 1. The van der Waals surface area contributed by atoms with Gasteiger partial charge >= 0.3 is 5.97 Å². The number of para-hydroxylation sites is 1. The molecule has 0 spiro atoms. The van der Waals surface area contributed by atoms with Crippen molar-refractivity contribution >= 4 is 34.5 Å². The van der Waals surface area contributed by atoms with Crippen molar-refractivity contribution < 1.29 is 14.7 Å². The minimum Gasteiger partial charge on any atom is -0.479 e. The van der Waals surface area contributed by atoms with Crippen molar-refractivity contribution in [3.8, 4) is 0 Å². The minimum absolute atomic E-state index is 0.0264. The Balaban J connectivity index is 1.72. The van der Waals surface area contributed by atoms with Crippen LogP contribution in [0.1, 0.15) is 18.4 Å². The highest BCUT2D eigenvalue weighted by Gasteiger charge is 2.43. The van der Waals surface area contributed by atoms with Crippen molar-refractivity contribution in [3.05, 3.63) is 40.4 Å². The summed E-state index contributed by atoms with van der Waals surface area (Å²) in [5, 5.41) is 12.5. The molecule has 1 atom stereocenters. The van der Waals surface area contributed by atoms with Crippen molar-refractivity contribution in [1.82, 2.24) is 14.9 Å². The number of carbonyl (C=O) groups excluding carboxylic acids is 1. The van der Waals surface area contributed by atoms with Gasteiger partial charge in [-0.1, -0.05) is 12.1 Å². The normalized spacial score (nSPS) is 19.9. The van der Waals surface area contributed by atoms with E-state index in [-0.39, 0.29) is 24.4 Å². The standard InChI is InChI=1S/C17H19N3O4S/c1-11-3-2-4-12-14(11)18-10-20(15(12)22)7-5-13(21)19-17(16(23)24)6-8-25-9-17/h2-4,10H,5-9H2,1H3,(H,19,21)(H,23,24). The number of hydrogen-bond donors (Lipinski definition) is 2. The number of fused-ring (bicyclic) bond motifs is 1. The molecule has 132 valence electrons. The molecular weight excluding hydrogens is 342 g/mol. The predicted octanol–water partition coefficient (Wildman–Crippen LogP) is 1.17. The lowest BCUT2D eigenvalue weighted by atomic mass is 9.99. The van der Waals surface area contributed by atoms with Crippen LogP contribution in [0, 0.1) is 6.92 Å². The molecule has 1 saturated heterocycles. The number of carboxylic acids is 1. The number of benzene rings is 1. The molecule has 8 heteroatoms. The van der Waals surface area contributed by atoms with Crippen LogP contribution in [0.15, 0.2) is 29.3 Å². The van der Waals surface area contributed by atoms with Crippen LogP contribution < -0.4 is 10.9 Å². The molecule has 1 aliphatic heterocycles. The average molecular weight is 361 g/mol.